The molecule has 11 aromatic rings. The van der Waals surface area contributed by atoms with Gasteiger partial charge in [0.2, 0.25) is 0 Å². The summed E-state index contributed by atoms with van der Waals surface area (Å²) in [7, 11) is 0. The number of aryl methyl sites for hydroxylation is 8. The molecular weight excluding hydrogens is 981 g/mol. The summed E-state index contributed by atoms with van der Waals surface area (Å²) in [6.45, 7) is 17.3. The highest BCUT2D eigenvalue weighted by Gasteiger charge is 2.49. The van der Waals surface area contributed by atoms with E-state index in [0.717, 1.165) is 118 Å². The number of hydrogen-bond acceptors (Lipinski definition) is 8. The molecule has 0 unspecified atom stereocenters. The van der Waals surface area contributed by atoms with Crippen molar-refractivity contribution >= 4 is 139 Å². The first-order chi connectivity index (χ1) is 37.4. The maximum atomic E-state index is 7.53. The fraction of sp³-hybridized carbons (Fsp3) is 0.121. The largest absolute Gasteiger partial charge is 0.458 e. The Kier molecular flexibility index (Phi) is 8.76. The molecule has 6 nitrogen and oxygen atoms in total. The second-order valence-corrected chi connectivity index (χ2v) is 24.7. The third kappa shape index (κ3) is 5.99. The van der Waals surface area contributed by atoms with Crippen LogP contribution in [0.2, 0.25) is 0 Å². The van der Waals surface area contributed by atoms with Crippen LogP contribution in [0.4, 0.5) is 28.4 Å². The van der Waals surface area contributed by atoms with Crippen molar-refractivity contribution in [2.45, 2.75) is 55.4 Å². The van der Waals surface area contributed by atoms with Crippen LogP contribution in [0.25, 0.3) is 31.3 Å². The Hall–Kier alpha value is -8.11. The molecule has 9 aromatic carbocycles. The third-order valence-electron chi connectivity index (χ3n) is 17.2. The number of fused-ring (bicyclic) bond motifs is 16. The van der Waals surface area contributed by atoms with Gasteiger partial charge in [-0.05, 0) is 199 Å². The van der Waals surface area contributed by atoms with Crippen molar-refractivity contribution in [3.8, 4) is 57.1 Å². The highest BCUT2D eigenvalue weighted by Crippen LogP contribution is 2.49. The summed E-state index contributed by atoms with van der Waals surface area (Å²) in [5.74, 6) is 6.99. The number of hydrogen-bond donors (Lipinski definition) is 1. The Labute approximate surface area is 456 Å². The van der Waals surface area contributed by atoms with Crippen molar-refractivity contribution in [1.29, 1.82) is 0 Å². The molecule has 0 radical (unpaired) electrons. The van der Waals surface area contributed by atoms with E-state index < -0.39 is 0 Å². The van der Waals surface area contributed by atoms with Gasteiger partial charge in [-0.3, -0.25) is 0 Å². The second kappa shape index (κ2) is 15.3. The fourth-order valence-corrected chi connectivity index (χ4v) is 17.0. The van der Waals surface area contributed by atoms with Crippen LogP contribution in [0, 0.1) is 55.4 Å². The van der Waals surface area contributed by atoms with Crippen LogP contribution in [-0.4, -0.2) is 20.1 Å². The van der Waals surface area contributed by atoms with Crippen molar-refractivity contribution in [2.75, 3.05) is 10.2 Å². The molecule has 6 aliphatic heterocycles. The smallest absolute Gasteiger partial charge is 0.273 e. The molecule has 366 valence electrons. The predicted octanol–water partition coefficient (Wildman–Crippen LogP) is 12.1. The van der Waals surface area contributed by atoms with E-state index in [9.17, 15) is 0 Å². The summed E-state index contributed by atoms with van der Waals surface area (Å²) >= 11 is 3.68. The number of anilines is 5. The molecule has 2 aromatic heterocycles. The molecule has 1 N–H and O–H groups in total. The molecule has 0 fully saturated rings. The van der Waals surface area contributed by atoms with E-state index in [1.165, 1.54) is 80.0 Å². The van der Waals surface area contributed by atoms with Crippen molar-refractivity contribution < 1.29 is 18.9 Å². The first-order valence-corrected chi connectivity index (χ1v) is 28.3. The molecule has 17 rings (SSSR count). The van der Waals surface area contributed by atoms with Crippen LogP contribution in [0.1, 0.15) is 44.5 Å². The number of benzene rings is 9. The van der Waals surface area contributed by atoms with Gasteiger partial charge in [-0.25, -0.2) is 0 Å². The van der Waals surface area contributed by atoms with E-state index in [2.05, 4.69) is 199 Å². The predicted molar refractivity (Wildman–Crippen MR) is 325 cm³/mol. The summed E-state index contributed by atoms with van der Waals surface area (Å²) < 4.78 is 33.5. The van der Waals surface area contributed by atoms with Crippen LogP contribution in [0.5, 0.6) is 46.0 Å². The van der Waals surface area contributed by atoms with Gasteiger partial charge in [0.25, 0.3) is 20.1 Å². The zero-order valence-electron chi connectivity index (χ0n) is 43.8. The molecule has 0 spiro atoms. The molecule has 0 saturated heterocycles. The first kappa shape index (κ1) is 44.1. The van der Waals surface area contributed by atoms with E-state index in [0.29, 0.717) is 0 Å². The Balaban J connectivity index is 0.975. The molecule has 0 amide bonds. The monoisotopic (exact) mass is 1030 g/mol. The van der Waals surface area contributed by atoms with E-state index in [1.807, 2.05) is 22.7 Å². The lowest BCUT2D eigenvalue weighted by molar-refractivity contribution is 0.457. The number of thiophene rings is 2. The first-order valence-electron chi connectivity index (χ1n) is 26.7. The fourth-order valence-electron chi connectivity index (χ4n) is 14.5. The maximum Gasteiger partial charge on any atom is 0.273 e. The topological polar surface area (TPSA) is 52.2 Å². The standard InChI is InChI=1S/C66H47B3N2O4S2/c1-31-17-35(5)58(36(6)18-31)39-25-49-60-55(26-39)73-50-30-51-45(69-61-53(72-51)23-34(4)24-54(61)75-64-41-14-10-12-16-57(41)77-66(64)69)28-44(50)67(60)43-27-42-46(29-48(43)71(49)62-37(7)19-32(2)20-38(62)8)70-47-21-33(3)22-52-59(47)68(42)65-63(74-52)40-13-9-11-15-56(40)76-65/h9-30,70H,1-8H3. The molecule has 77 heavy (non-hydrogen) atoms. The third-order valence-corrected chi connectivity index (χ3v) is 19.7. The zero-order chi connectivity index (χ0) is 51.6. The van der Waals surface area contributed by atoms with Gasteiger partial charge in [0.1, 0.15) is 46.0 Å². The normalized spacial score (nSPS) is 14.1. The van der Waals surface area contributed by atoms with Crippen LogP contribution in [0.3, 0.4) is 0 Å². The second-order valence-electron chi connectivity index (χ2n) is 22.5. The Morgan fingerprint density at radius 1 is 0.403 bits per heavy atom. The van der Waals surface area contributed by atoms with Crippen LogP contribution in [0.15, 0.2) is 133 Å². The minimum atomic E-state index is -0.216. The van der Waals surface area contributed by atoms with Gasteiger partial charge < -0.3 is 29.2 Å². The van der Waals surface area contributed by atoms with Crippen molar-refractivity contribution in [2.24, 2.45) is 0 Å². The Morgan fingerprint density at radius 3 is 1.57 bits per heavy atom. The summed E-state index contributed by atoms with van der Waals surface area (Å²) in [4.78, 5) is 2.58. The molecule has 0 aliphatic carbocycles. The molecule has 0 saturated carbocycles. The molecule has 11 heteroatoms. The quantitative estimate of drug-likeness (QED) is 0.174. The highest BCUT2D eigenvalue weighted by molar-refractivity contribution is 7.34. The van der Waals surface area contributed by atoms with Crippen molar-refractivity contribution in [3.05, 3.63) is 178 Å². The summed E-state index contributed by atoms with van der Waals surface area (Å²) in [5.41, 5.74) is 25.8. The van der Waals surface area contributed by atoms with Crippen LogP contribution in [-0.2, 0) is 0 Å². The zero-order valence-corrected chi connectivity index (χ0v) is 45.5. The van der Waals surface area contributed by atoms with E-state index >= 15 is 0 Å². The van der Waals surface area contributed by atoms with E-state index in [-0.39, 0.29) is 20.1 Å². The van der Waals surface area contributed by atoms with Crippen molar-refractivity contribution in [3.63, 3.8) is 0 Å². The number of nitrogens with zero attached hydrogens (tertiary/aromatic N) is 1. The average molecular weight is 1030 g/mol. The highest BCUT2D eigenvalue weighted by atomic mass is 32.1. The summed E-state index contributed by atoms with van der Waals surface area (Å²) in [6.07, 6.45) is 0. The maximum absolute atomic E-state index is 7.53. The molecule has 6 aliphatic rings. The van der Waals surface area contributed by atoms with Gasteiger partial charge in [0.15, 0.2) is 0 Å². The van der Waals surface area contributed by atoms with Gasteiger partial charge in [-0.15, -0.1) is 22.7 Å². The van der Waals surface area contributed by atoms with Gasteiger partial charge in [0.05, 0.1) is 5.69 Å². The Morgan fingerprint density at radius 2 is 0.922 bits per heavy atom. The van der Waals surface area contributed by atoms with Crippen LogP contribution < -0.4 is 77.0 Å². The summed E-state index contributed by atoms with van der Waals surface area (Å²) in [6, 6.07) is 49.9. The lowest BCUT2D eigenvalue weighted by Crippen LogP contribution is -2.64. The minimum absolute atomic E-state index is 0.0569. The SMILES string of the molecule is Cc1cc(C)c(-c2cc3c4c(c2)N(c2c(C)cc(C)cc2C)c2cc5c(cc2B4c2cc4c(cc2O3)Oc2cc(C)cc3c2B4c2sc4ccccc4c2O3)B2c3sc4ccccc4c3Oc3cc(C)cc(c32)N5)c(C)c1. The Bertz CT molecular complexity index is 4550. The van der Waals surface area contributed by atoms with E-state index in [1.54, 1.807) is 0 Å². The molecule has 8 heterocycles. The number of nitrogens with one attached hydrogen (secondary N) is 1. The molecule has 0 bridgehead atoms. The number of rotatable bonds is 2. The lowest BCUT2D eigenvalue weighted by atomic mass is 9.30. The molecule has 0 atom stereocenters. The van der Waals surface area contributed by atoms with E-state index in [4.69, 9.17) is 18.9 Å². The lowest BCUT2D eigenvalue weighted by Gasteiger charge is -2.43. The molecular formula is C66H47B3N2O4S2. The van der Waals surface area contributed by atoms with Gasteiger partial charge >= 0.3 is 0 Å². The van der Waals surface area contributed by atoms with Gasteiger partial charge in [0, 0.05) is 64.0 Å². The van der Waals surface area contributed by atoms with Gasteiger partial charge in [-0.2, -0.15) is 0 Å². The van der Waals surface area contributed by atoms with Gasteiger partial charge in [-0.1, -0.05) is 71.8 Å². The number of ether oxygens (including phenoxy) is 4. The summed E-state index contributed by atoms with van der Waals surface area (Å²) in [5, 5.41) is 6.35. The van der Waals surface area contributed by atoms with Crippen molar-refractivity contribution in [1.82, 2.24) is 0 Å². The minimum Gasteiger partial charge on any atom is -0.458 e. The van der Waals surface area contributed by atoms with Crippen LogP contribution >= 0.6 is 22.7 Å². The average Bonchev–Trinajstić information content (AvgIpc) is 4.15.